The van der Waals surface area contributed by atoms with Crippen molar-refractivity contribution in [3.05, 3.63) is 249 Å². The van der Waals surface area contributed by atoms with E-state index in [1.54, 1.807) is 0 Å². The van der Waals surface area contributed by atoms with Gasteiger partial charge in [0.05, 0.1) is 22.1 Å². The summed E-state index contributed by atoms with van der Waals surface area (Å²) < 4.78 is 11.8. The van der Waals surface area contributed by atoms with E-state index in [1.807, 2.05) is 18.5 Å². The molecule has 338 valence electrons. The number of rotatable bonds is 5. The number of nitrogens with zero attached hydrogens (tertiary/aromatic N) is 3. The molecule has 0 atom stereocenters. The van der Waals surface area contributed by atoms with E-state index < -0.39 is 0 Å². The predicted octanol–water partition coefficient (Wildman–Crippen LogP) is 18.8. The number of aromatic nitrogens is 3. The number of furan rings is 1. The van der Waals surface area contributed by atoms with Gasteiger partial charge in [-0.15, -0.1) is 0 Å². The molecule has 4 heterocycles. The molecule has 4 heteroatoms. The lowest BCUT2D eigenvalue weighted by molar-refractivity contribution is 0.669. The third kappa shape index (κ3) is 5.98. The highest BCUT2D eigenvalue weighted by molar-refractivity contribution is 6.26. The Balaban J connectivity index is 1.05. The molecule has 0 spiro atoms. The molecule has 4 aromatic heterocycles. The number of hydrogen-bond donors (Lipinski definition) is 0. The first-order valence-electron chi connectivity index (χ1n) is 25.0. The lowest BCUT2D eigenvalue weighted by Gasteiger charge is -2.18. The van der Waals surface area contributed by atoms with Crippen LogP contribution in [-0.2, 0) is 0 Å². The van der Waals surface area contributed by atoms with Crippen LogP contribution in [0.15, 0.2) is 253 Å². The molecule has 0 aliphatic heterocycles. The van der Waals surface area contributed by atoms with Crippen LogP contribution in [-0.4, -0.2) is 14.1 Å². The second-order valence-corrected chi connectivity index (χ2v) is 19.5. The minimum Gasteiger partial charge on any atom is -0.456 e. The van der Waals surface area contributed by atoms with Crippen molar-refractivity contribution in [3.8, 4) is 44.8 Å². The molecule has 0 fully saturated rings. The van der Waals surface area contributed by atoms with Gasteiger partial charge in [-0.1, -0.05) is 164 Å². The first-order chi connectivity index (χ1) is 36.2. The van der Waals surface area contributed by atoms with Crippen LogP contribution in [0.3, 0.4) is 0 Å². The van der Waals surface area contributed by atoms with Crippen LogP contribution >= 0.6 is 0 Å². The lowest BCUT2D eigenvalue weighted by atomic mass is 9.93. The Labute approximate surface area is 418 Å². The van der Waals surface area contributed by atoms with Crippen LogP contribution in [0.1, 0.15) is 0 Å². The lowest BCUT2D eigenvalue weighted by Crippen LogP contribution is -1.99. The summed E-state index contributed by atoms with van der Waals surface area (Å²) in [5.41, 5.74) is 15.2. The van der Waals surface area contributed by atoms with E-state index in [0.29, 0.717) is 0 Å². The summed E-state index contributed by atoms with van der Waals surface area (Å²) in [5, 5.41) is 16.7. The van der Waals surface area contributed by atoms with Crippen molar-refractivity contribution in [2.45, 2.75) is 0 Å². The largest absolute Gasteiger partial charge is 0.456 e. The number of benzene rings is 12. The van der Waals surface area contributed by atoms with Gasteiger partial charge < -0.3 is 13.6 Å². The molecule has 0 saturated carbocycles. The zero-order valence-corrected chi connectivity index (χ0v) is 39.4. The fourth-order valence-electron chi connectivity index (χ4n) is 12.2. The van der Waals surface area contributed by atoms with Gasteiger partial charge in [-0.05, 0) is 127 Å². The number of hydrogen-bond acceptors (Lipinski definition) is 2. The van der Waals surface area contributed by atoms with Gasteiger partial charge >= 0.3 is 0 Å². The maximum atomic E-state index is 6.79. The average molecular weight is 928 g/mol. The third-order valence-electron chi connectivity index (χ3n) is 15.5. The van der Waals surface area contributed by atoms with Crippen molar-refractivity contribution in [2.75, 3.05) is 0 Å². The highest BCUT2D eigenvalue weighted by atomic mass is 16.3. The second kappa shape index (κ2) is 15.4. The normalized spacial score (nSPS) is 12.1. The van der Waals surface area contributed by atoms with Crippen LogP contribution in [0.2, 0.25) is 0 Å². The highest BCUT2D eigenvalue weighted by Gasteiger charge is 2.23. The number of pyridine rings is 1. The molecule has 0 amide bonds. The molecule has 0 unspecified atom stereocenters. The minimum absolute atomic E-state index is 0.866. The van der Waals surface area contributed by atoms with Crippen LogP contribution in [0.5, 0.6) is 0 Å². The van der Waals surface area contributed by atoms with Gasteiger partial charge in [-0.2, -0.15) is 0 Å². The quantitative estimate of drug-likeness (QED) is 0.172. The molecular formula is C69H41N3O. The summed E-state index contributed by atoms with van der Waals surface area (Å²) >= 11 is 0. The SMILES string of the molecule is c1cncc(-c2cccc(-n3c4ccccc4c4c5ccccc5cc(-c5cc(-c6ccc7c(c6)oc6cc8ccccc8cc67)cc(-n6c7c8ccccc8ccc7c7ccc8ccccc8c76)c5)c43)c2)c1. The molecule has 16 rings (SSSR count). The van der Waals surface area contributed by atoms with Gasteiger partial charge in [0, 0.05) is 78.0 Å². The molecule has 0 saturated heterocycles. The maximum Gasteiger partial charge on any atom is 0.136 e. The zero-order chi connectivity index (χ0) is 47.7. The first kappa shape index (κ1) is 40.0. The van der Waals surface area contributed by atoms with E-state index >= 15 is 0 Å². The fraction of sp³-hybridized carbons (Fsp3) is 0. The summed E-state index contributed by atoms with van der Waals surface area (Å²) in [4.78, 5) is 4.50. The molecule has 4 nitrogen and oxygen atoms in total. The van der Waals surface area contributed by atoms with E-state index in [-0.39, 0.29) is 0 Å². The summed E-state index contributed by atoms with van der Waals surface area (Å²) in [5.74, 6) is 0. The standard InChI is InChI=1S/C69H41N3O/c1-2-16-46-39-65-62(37-45(46)15-1)57-29-28-47(40-64(57)73-65)50-33-51(36-53(35-50)72-67-55-22-7-3-13-42(55)26-30-58(67)59-31-27-43-14-4-8-23-56(43)68(59)72)61-38-48-17-5-6-21-54(48)66-60-24-9-10-25-63(60)71(69(61)66)52-20-11-18-44(34-52)49-19-12-32-70-41-49/h1-41H. The van der Waals surface area contributed by atoms with E-state index in [4.69, 9.17) is 4.42 Å². The smallest absolute Gasteiger partial charge is 0.136 e. The monoisotopic (exact) mass is 927 g/mol. The Bertz CT molecular complexity index is 4880. The van der Waals surface area contributed by atoms with Gasteiger partial charge in [0.15, 0.2) is 0 Å². The zero-order valence-electron chi connectivity index (χ0n) is 39.4. The first-order valence-corrected chi connectivity index (χ1v) is 25.0. The van der Waals surface area contributed by atoms with Gasteiger partial charge in [0.2, 0.25) is 0 Å². The average Bonchev–Trinajstić information content (AvgIpc) is 4.13. The van der Waals surface area contributed by atoms with Crippen molar-refractivity contribution in [2.24, 2.45) is 0 Å². The molecule has 0 aliphatic carbocycles. The van der Waals surface area contributed by atoms with Gasteiger partial charge in [-0.25, -0.2) is 0 Å². The van der Waals surface area contributed by atoms with Crippen molar-refractivity contribution < 1.29 is 4.42 Å². The fourth-order valence-corrected chi connectivity index (χ4v) is 12.2. The summed E-state index contributed by atoms with van der Waals surface area (Å²) in [7, 11) is 0. The Kier molecular flexibility index (Phi) is 8.42. The Morgan fingerprint density at radius 2 is 0.904 bits per heavy atom. The highest BCUT2D eigenvalue weighted by Crippen LogP contribution is 2.47. The van der Waals surface area contributed by atoms with Crippen LogP contribution in [0, 0.1) is 0 Å². The van der Waals surface area contributed by atoms with Gasteiger partial charge in [0.25, 0.3) is 0 Å². The van der Waals surface area contributed by atoms with E-state index in [1.165, 1.54) is 75.7 Å². The Morgan fingerprint density at radius 1 is 0.301 bits per heavy atom. The van der Waals surface area contributed by atoms with E-state index in [2.05, 4.69) is 245 Å². The molecule has 73 heavy (non-hydrogen) atoms. The number of para-hydroxylation sites is 1. The van der Waals surface area contributed by atoms with Gasteiger partial charge in [0.1, 0.15) is 11.2 Å². The van der Waals surface area contributed by atoms with Crippen molar-refractivity contribution >= 4 is 109 Å². The summed E-state index contributed by atoms with van der Waals surface area (Å²) in [6.45, 7) is 0. The van der Waals surface area contributed by atoms with Crippen molar-refractivity contribution in [1.82, 2.24) is 14.1 Å². The topological polar surface area (TPSA) is 35.9 Å². The molecule has 0 aliphatic rings. The summed E-state index contributed by atoms with van der Waals surface area (Å²) in [6, 6.07) is 87.1. The summed E-state index contributed by atoms with van der Waals surface area (Å²) in [6.07, 6.45) is 3.78. The van der Waals surface area contributed by atoms with Crippen molar-refractivity contribution in [3.63, 3.8) is 0 Å². The molecule has 12 aromatic carbocycles. The maximum absolute atomic E-state index is 6.79. The molecule has 0 N–H and O–H groups in total. The van der Waals surface area contributed by atoms with Crippen LogP contribution < -0.4 is 0 Å². The molecule has 0 bridgehead atoms. The Morgan fingerprint density at radius 3 is 1.66 bits per heavy atom. The van der Waals surface area contributed by atoms with E-state index in [9.17, 15) is 0 Å². The third-order valence-corrected chi connectivity index (χ3v) is 15.5. The van der Waals surface area contributed by atoms with Gasteiger partial charge in [-0.3, -0.25) is 4.98 Å². The minimum atomic E-state index is 0.866. The molecule has 0 radical (unpaired) electrons. The van der Waals surface area contributed by atoms with Crippen molar-refractivity contribution in [1.29, 1.82) is 0 Å². The number of fused-ring (bicyclic) bond motifs is 16. The van der Waals surface area contributed by atoms with Crippen LogP contribution in [0.25, 0.3) is 153 Å². The predicted molar refractivity (Wildman–Crippen MR) is 307 cm³/mol. The van der Waals surface area contributed by atoms with Crippen LogP contribution in [0.4, 0.5) is 0 Å². The second-order valence-electron chi connectivity index (χ2n) is 19.5. The molecule has 16 aromatic rings. The van der Waals surface area contributed by atoms with E-state index in [0.717, 1.165) is 77.7 Å². The Hall–Kier alpha value is -9.77. The molecular weight excluding hydrogens is 887 g/mol.